The molecule has 0 radical (unpaired) electrons. The zero-order valence-electron chi connectivity index (χ0n) is 5.79. The zero-order chi connectivity index (χ0) is 8.10. The van der Waals surface area contributed by atoms with Gasteiger partial charge in [-0.15, -0.1) is 0 Å². The molecule has 0 heterocycles. The summed E-state index contributed by atoms with van der Waals surface area (Å²) in [6.07, 6.45) is 1.78. The van der Waals surface area contributed by atoms with Gasteiger partial charge in [-0.3, -0.25) is 0 Å². The average molecular weight is 208 g/mol. The van der Waals surface area contributed by atoms with Crippen molar-refractivity contribution in [2.24, 2.45) is 0 Å². The molecule has 0 aliphatic heterocycles. The summed E-state index contributed by atoms with van der Waals surface area (Å²) in [6.45, 7) is 0. The molecule has 2 heteroatoms. The van der Waals surface area contributed by atoms with Gasteiger partial charge in [0.1, 0.15) is 6.07 Å². The fraction of sp³-hybridized carbons (Fsp3) is 0. The van der Waals surface area contributed by atoms with Crippen molar-refractivity contribution in [1.82, 2.24) is 0 Å². The lowest BCUT2D eigenvalue weighted by molar-refractivity contribution is 1.53. The summed E-state index contributed by atoms with van der Waals surface area (Å²) in [5.41, 5.74) is 1.03. The van der Waals surface area contributed by atoms with E-state index in [0.717, 1.165) is 5.56 Å². The number of benzene rings is 1. The first-order valence-electron chi connectivity index (χ1n) is 3.15. The van der Waals surface area contributed by atoms with Crippen molar-refractivity contribution in [2.45, 2.75) is 0 Å². The van der Waals surface area contributed by atoms with Crippen molar-refractivity contribution in [3.8, 4) is 6.07 Å². The highest BCUT2D eigenvalue weighted by Gasteiger charge is 1.87. The largest absolute Gasteiger partial charge is 0.192 e. The molecule has 0 N–H and O–H groups in total. The molecular formula is C9H6BrN. The SMILES string of the molecule is N#C/C(Br)=C/c1ccccc1. The van der Waals surface area contributed by atoms with Gasteiger partial charge in [0.25, 0.3) is 0 Å². The maximum Gasteiger partial charge on any atom is 0.107 e. The van der Waals surface area contributed by atoms with E-state index in [9.17, 15) is 0 Å². The number of hydrogen-bond acceptors (Lipinski definition) is 1. The van der Waals surface area contributed by atoms with Gasteiger partial charge in [0, 0.05) is 0 Å². The van der Waals surface area contributed by atoms with Gasteiger partial charge in [0.15, 0.2) is 0 Å². The number of hydrogen-bond donors (Lipinski definition) is 0. The minimum atomic E-state index is 0.545. The van der Waals surface area contributed by atoms with Crippen LogP contribution in [0.4, 0.5) is 0 Å². The van der Waals surface area contributed by atoms with E-state index in [1.165, 1.54) is 0 Å². The highest BCUT2D eigenvalue weighted by atomic mass is 79.9. The predicted molar refractivity (Wildman–Crippen MR) is 49.0 cm³/mol. The predicted octanol–water partition coefficient (Wildman–Crippen LogP) is 2.95. The highest BCUT2D eigenvalue weighted by molar-refractivity contribution is 9.12. The van der Waals surface area contributed by atoms with Gasteiger partial charge < -0.3 is 0 Å². The van der Waals surface area contributed by atoms with Gasteiger partial charge in [0.2, 0.25) is 0 Å². The maximum atomic E-state index is 8.43. The minimum Gasteiger partial charge on any atom is -0.192 e. The minimum absolute atomic E-state index is 0.545. The van der Waals surface area contributed by atoms with E-state index >= 15 is 0 Å². The Balaban J connectivity index is 2.90. The van der Waals surface area contributed by atoms with Gasteiger partial charge in [-0.2, -0.15) is 5.26 Å². The normalized spacial score (nSPS) is 10.7. The van der Waals surface area contributed by atoms with E-state index in [2.05, 4.69) is 15.9 Å². The van der Waals surface area contributed by atoms with E-state index in [1.54, 1.807) is 6.08 Å². The summed E-state index contributed by atoms with van der Waals surface area (Å²) in [5.74, 6) is 0. The van der Waals surface area contributed by atoms with Crippen LogP contribution in [0, 0.1) is 11.3 Å². The summed E-state index contributed by atoms with van der Waals surface area (Å²) < 4.78 is 0.545. The molecule has 1 rings (SSSR count). The van der Waals surface area contributed by atoms with Gasteiger partial charge in [-0.25, -0.2) is 0 Å². The molecule has 0 saturated carbocycles. The Morgan fingerprint density at radius 3 is 2.55 bits per heavy atom. The summed E-state index contributed by atoms with van der Waals surface area (Å²) in [4.78, 5) is 0. The van der Waals surface area contributed by atoms with Crippen LogP contribution in [0.1, 0.15) is 5.56 Å². The fourth-order valence-electron chi connectivity index (χ4n) is 0.728. The van der Waals surface area contributed by atoms with Crippen LogP contribution in [-0.2, 0) is 0 Å². The van der Waals surface area contributed by atoms with Crippen molar-refractivity contribution in [2.75, 3.05) is 0 Å². The lowest BCUT2D eigenvalue weighted by Crippen LogP contribution is -1.69. The van der Waals surface area contributed by atoms with Crippen LogP contribution < -0.4 is 0 Å². The Bertz CT molecular complexity index is 295. The van der Waals surface area contributed by atoms with Crippen LogP contribution in [-0.4, -0.2) is 0 Å². The third kappa shape index (κ3) is 2.57. The van der Waals surface area contributed by atoms with Crippen molar-refractivity contribution in [1.29, 1.82) is 5.26 Å². The molecule has 1 nitrogen and oxygen atoms in total. The summed E-state index contributed by atoms with van der Waals surface area (Å²) in [6, 6.07) is 11.7. The molecule has 0 spiro atoms. The zero-order valence-corrected chi connectivity index (χ0v) is 7.38. The Labute approximate surface area is 74.1 Å². The molecule has 0 bridgehead atoms. The molecule has 0 aliphatic rings. The second-order valence-electron chi connectivity index (χ2n) is 2.01. The van der Waals surface area contributed by atoms with Crippen molar-refractivity contribution < 1.29 is 0 Å². The van der Waals surface area contributed by atoms with Crippen LogP contribution in [0.25, 0.3) is 6.08 Å². The van der Waals surface area contributed by atoms with E-state index in [0.29, 0.717) is 4.48 Å². The molecule has 0 saturated heterocycles. The number of nitriles is 1. The van der Waals surface area contributed by atoms with E-state index in [4.69, 9.17) is 5.26 Å². The maximum absolute atomic E-state index is 8.43. The monoisotopic (exact) mass is 207 g/mol. The fourth-order valence-corrected chi connectivity index (χ4v) is 0.992. The van der Waals surface area contributed by atoms with Crippen molar-refractivity contribution >= 4 is 22.0 Å². The standard InChI is InChI=1S/C9H6BrN/c10-9(7-11)6-8-4-2-1-3-5-8/h1-6H/b9-6-. The van der Waals surface area contributed by atoms with Gasteiger partial charge >= 0.3 is 0 Å². The average Bonchev–Trinajstić information content (AvgIpc) is 2.06. The third-order valence-corrected chi connectivity index (χ3v) is 1.61. The smallest absolute Gasteiger partial charge is 0.107 e. The number of halogens is 1. The van der Waals surface area contributed by atoms with Gasteiger partial charge in [-0.05, 0) is 27.6 Å². The van der Waals surface area contributed by atoms with E-state index < -0.39 is 0 Å². The van der Waals surface area contributed by atoms with E-state index in [-0.39, 0.29) is 0 Å². The Morgan fingerprint density at radius 2 is 2.00 bits per heavy atom. The number of nitrogens with zero attached hydrogens (tertiary/aromatic N) is 1. The van der Waals surface area contributed by atoms with Crippen LogP contribution >= 0.6 is 15.9 Å². The number of allylic oxidation sites excluding steroid dienone is 1. The van der Waals surface area contributed by atoms with E-state index in [1.807, 2.05) is 36.4 Å². The lowest BCUT2D eigenvalue weighted by Gasteiger charge is -1.89. The van der Waals surface area contributed by atoms with Crippen molar-refractivity contribution in [3.05, 3.63) is 40.4 Å². The van der Waals surface area contributed by atoms with Crippen LogP contribution in [0.15, 0.2) is 34.8 Å². The molecule has 0 fully saturated rings. The second kappa shape index (κ2) is 3.95. The molecule has 11 heavy (non-hydrogen) atoms. The molecular weight excluding hydrogens is 202 g/mol. The Hall–Kier alpha value is -1.07. The lowest BCUT2D eigenvalue weighted by atomic mass is 10.2. The first-order chi connectivity index (χ1) is 5.33. The third-order valence-electron chi connectivity index (χ3n) is 1.20. The van der Waals surface area contributed by atoms with Crippen molar-refractivity contribution in [3.63, 3.8) is 0 Å². The molecule has 54 valence electrons. The topological polar surface area (TPSA) is 23.8 Å². The quantitative estimate of drug-likeness (QED) is 0.651. The first kappa shape index (κ1) is 8.03. The Morgan fingerprint density at radius 1 is 1.36 bits per heavy atom. The summed E-state index contributed by atoms with van der Waals surface area (Å²) in [7, 11) is 0. The number of rotatable bonds is 1. The van der Waals surface area contributed by atoms with Crippen LogP contribution in [0.5, 0.6) is 0 Å². The van der Waals surface area contributed by atoms with Gasteiger partial charge in [0.05, 0.1) is 4.48 Å². The van der Waals surface area contributed by atoms with Crippen LogP contribution in [0.3, 0.4) is 0 Å². The summed E-state index contributed by atoms with van der Waals surface area (Å²) in [5, 5.41) is 8.43. The van der Waals surface area contributed by atoms with Gasteiger partial charge in [-0.1, -0.05) is 30.3 Å². The molecule has 0 aliphatic carbocycles. The molecule has 0 unspecified atom stereocenters. The summed E-state index contributed by atoms with van der Waals surface area (Å²) >= 11 is 3.11. The molecule has 1 aromatic rings. The first-order valence-corrected chi connectivity index (χ1v) is 3.94. The second-order valence-corrected chi connectivity index (χ2v) is 2.87. The highest BCUT2D eigenvalue weighted by Crippen LogP contribution is 2.09. The Kier molecular flexibility index (Phi) is 2.88. The van der Waals surface area contributed by atoms with Crippen LogP contribution in [0.2, 0.25) is 0 Å². The molecule has 0 atom stereocenters. The molecule has 0 aromatic heterocycles. The molecule has 1 aromatic carbocycles. The molecule has 0 amide bonds.